The van der Waals surface area contributed by atoms with Crippen molar-refractivity contribution in [1.29, 1.82) is 0 Å². The second-order valence-electron chi connectivity index (χ2n) is 7.27. The van der Waals surface area contributed by atoms with Gasteiger partial charge in [0.2, 0.25) is 6.79 Å². The summed E-state index contributed by atoms with van der Waals surface area (Å²) in [7, 11) is 0. The van der Waals surface area contributed by atoms with E-state index in [9.17, 15) is 9.90 Å². The standard InChI is InChI=1S/C23H18ClNO4/c1-14-3-2-4-18-21(14)23(27,16-7-10-19-20(11-16)29-13-28-19)22(26)25(18)12-15-5-8-17(24)9-6-15/h2-11,27H,12-13H2,1H3. The number of carbonyl (C=O) groups is 1. The molecule has 0 saturated heterocycles. The van der Waals surface area contributed by atoms with Crippen molar-refractivity contribution in [1.82, 2.24) is 0 Å². The van der Waals surface area contributed by atoms with Gasteiger partial charge in [-0.2, -0.15) is 0 Å². The third-order valence-corrected chi connectivity index (χ3v) is 5.75. The van der Waals surface area contributed by atoms with Gasteiger partial charge in [-0.15, -0.1) is 0 Å². The lowest BCUT2D eigenvalue weighted by molar-refractivity contribution is -0.132. The summed E-state index contributed by atoms with van der Waals surface area (Å²) in [6.45, 7) is 2.36. The molecule has 0 aliphatic carbocycles. The van der Waals surface area contributed by atoms with Crippen LogP contribution in [0.5, 0.6) is 11.5 Å². The Morgan fingerprint density at radius 1 is 1.07 bits per heavy atom. The van der Waals surface area contributed by atoms with Crippen LogP contribution in [-0.2, 0) is 16.9 Å². The minimum atomic E-state index is -1.80. The maximum absolute atomic E-state index is 13.6. The summed E-state index contributed by atoms with van der Waals surface area (Å²) in [5.41, 5.74) is 1.72. The number of nitrogens with zero attached hydrogens (tertiary/aromatic N) is 1. The van der Waals surface area contributed by atoms with Crippen LogP contribution in [0.15, 0.2) is 60.7 Å². The van der Waals surface area contributed by atoms with Gasteiger partial charge in [0, 0.05) is 16.1 Å². The molecule has 0 fully saturated rings. The van der Waals surface area contributed by atoms with Crippen molar-refractivity contribution in [3.05, 3.63) is 87.9 Å². The molecular formula is C23H18ClNO4. The van der Waals surface area contributed by atoms with Crippen molar-refractivity contribution >= 4 is 23.2 Å². The fraction of sp³-hybridized carbons (Fsp3) is 0.174. The van der Waals surface area contributed by atoms with Crippen LogP contribution in [0.3, 0.4) is 0 Å². The van der Waals surface area contributed by atoms with Crippen molar-refractivity contribution in [2.75, 3.05) is 11.7 Å². The van der Waals surface area contributed by atoms with Crippen molar-refractivity contribution in [3.63, 3.8) is 0 Å². The lowest BCUT2D eigenvalue weighted by Crippen LogP contribution is -2.41. The molecule has 3 aromatic carbocycles. The molecule has 1 atom stereocenters. The summed E-state index contributed by atoms with van der Waals surface area (Å²) in [5.74, 6) is 0.733. The first-order chi connectivity index (χ1) is 14.0. The number of carbonyl (C=O) groups excluding carboxylic acids is 1. The van der Waals surface area contributed by atoms with Crippen LogP contribution in [0.1, 0.15) is 22.3 Å². The maximum atomic E-state index is 13.6. The van der Waals surface area contributed by atoms with E-state index >= 15 is 0 Å². The molecule has 146 valence electrons. The Morgan fingerprint density at radius 2 is 1.83 bits per heavy atom. The topological polar surface area (TPSA) is 59.0 Å². The number of amides is 1. The van der Waals surface area contributed by atoms with E-state index in [1.807, 2.05) is 37.3 Å². The Hall–Kier alpha value is -3.02. The van der Waals surface area contributed by atoms with Crippen LogP contribution in [0.25, 0.3) is 0 Å². The van der Waals surface area contributed by atoms with Gasteiger partial charge in [0.1, 0.15) is 0 Å². The van der Waals surface area contributed by atoms with E-state index in [4.69, 9.17) is 21.1 Å². The Labute approximate surface area is 173 Å². The normalized spacial score (nSPS) is 19.6. The number of aliphatic hydroxyl groups is 1. The quantitative estimate of drug-likeness (QED) is 0.708. The number of rotatable bonds is 3. The van der Waals surface area contributed by atoms with Gasteiger partial charge in [-0.25, -0.2) is 0 Å². The molecule has 5 nitrogen and oxygen atoms in total. The average molecular weight is 408 g/mol. The van der Waals surface area contributed by atoms with Crippen LogP contribution in [-0.4, -0.2) is 17.8 Å². The summed E-state index contributed by atoms with van der Waals surface area (Å²) in [5, 5.41) is 12.4. The molecule has 0 saturated carbocycles. The maximum Gasteiger partial charge on any atom is 0.268 e. The Morgan fingerprint density at radius 3 is 2.62 bits per heavy atom. The largest absolute Gasteiger partial charge is 0.454 e. The van der Waals surface area contributed by atoms with Crippen molar-refractivity contribution < 1.29 is 19.4 Å². The molecule has 2 aliphatic rings. The first-order valence-corrected chi connectivity index (χ1v) is 9.65. The second kappa shape index (κ2) is 6.51. The van der Waals surface area contributed by atoms with Crippen molar-refractivity contribution in [2.24, 2.45) is 0 Å². The van der Waals surface area contributed by atoms with Gasteiger partial charge in [-0.3, -0.25) is 4.79 Å². The van der Waals surface area contributed by atoms with Gasteiger partial charge in [-0.05, 0) is 48.4 Å². The zero-order valence-corrected chi connectivity index (χ0v) is 16.4. The van der Waals surface area contributed by atoms with E-state index < -0.39 is 11.5 Å². The molecule has 0 spiro atoms. The smallest absolute Gasteiger partial charge is 0.268 e. The monoisotopic (exact) mass is 407 g/mol. The Kier molecular flexibility index (Phi) is 4.05. The number of benzene rings is 3. The summed E-state index contributed by atoms with van der Waals surface area (Å²) in [6, 6.07) is 18.1. The Bertz CT molecular complexity index is 1130. The van der Waals surface area contributed by atoms with Crippen LogP contribution >= 0.6 is 11.6 Å². The van der Waals surface area contributed by atoms with Gasteiger partial charge < -0.3 is 19.5 Å². The van der Waals surface area contributed by atoms with Crippen LogP contribution in [0, 0.1) is 6.92 Å². The molecule has 0 aromatic heterocycles. The van der Waals surface area contributed by atoms with E-state index in [1.165, 1.54) is 0 Å². The number of anilines is 1. The third-order valence-electron chi connectivity index (χ3n) is 5.50. The summed E-state index contributed by atoms with van der Waals surface area (Å²) in [4.78, 5) is 15.2. The molecular weight excluding hydrogens is 390 g/mol. The third kappa shape index (κ3) is 2.69. The predicted octanol–water partition coefficient (Wildman–Crippen LogP) is 4.16. The van der Waals surface area contributed by atoms with Gasteiger partial charge >= 0.3 is 0 Å². The van der Waals surface area contributed by atoms with Gasteiger partial charge in [0.25, 0.3) is 5.91 Å². The van der Waals surface area contributed by atoms with E-state index in [1.54, 1.807) is 35.2 Å². The summed E-state index contributed by atoms with van der Waals surface area (Å²) < 4.78 is 10.8. The Balaban J connectivity index is 1.63. The van der Waals surface area contributed by atoms with E-state index in [0.29, 0.717) is 39.9 Å². The lowest BCUT2D eigenvalue weighted by atomic mass is 9.85. The molecule has 1 unspecified atom stereocenters. The van der Waals surface area contributed by atoms with Crippen molar-refractivity contribution in [2.45, 2.75) is 19.1 Å². The van der Waals surface area contributed by atoms with E-state index in [2.05, 4.69) is 0 Å². The van der Waals surface area contributed by atoms with Gasteiger partial charge in [0.05, 0.1) is 12.2 Å². The minimum absolute atomic E-state index is 0.128. The van der Waals surface area contributed by atoms with Crippen LogP contribution in [0.2, 0.25) is 5.02 Å². The number of hydrogen-bond acceptors (Lipinski definition) is 4. The molecule has 0 radical (unpaired) electrons. The van der Waals surface area contributed by atoms with Crippen LogP contribution in [0.4, 0.5) is 5.69 Å². The first-order valence-electron chi connectivity index (χ1n) is 9.27. The highest BCUT2D eigenvalue weighted by Gasteiger charge is 2.52. The molecule has 5 rings (SSSR count). The fourth-order valence-corrected chi connectivity index (χ4v) is 4.20. The number of ether oxygens (including phenoxy) is 2. The molecule has 2 aliphatic heterocycles. The van der Waals surface area contributed by atoms with E-state index in [-0.39, 0.29) is 6.79 Å². The summed E-state index contributed by atoms with van der Waals surface area (Å²) >= 11 is 5.99. The second-order valence-corrected chi connectivity index (χ2v) is 7.70. The SMILES string of the molecule is Cc1cccc2c1C(O)(c1ccc3c(c1)OCO3)C(=O)N2Cc1ccc(Cl)cc1. The predicted molar refractivity (Wildman–Crippen MR) is 109 cm³/mol. The average Bonchev–Trinajstić information content (AvgIpc) is 3.27. The lowest BCUT2D eigenvalue weighted by Gasteiger charge is -2.24. The van der Waals surface area contributed by atoms with Crippen LogP contribution < -0.4 is 14.4 Å². The summed E-state index contributed by atoms with van der Waals surface area (Å²) in [6.07, 6.45) is 0. The molecule has 1 N–H and O–H groups in total. The highest BCUT2D eigenvalue weighted by atomic mass is 35.5. The highest BCUT2D eigenvalue weighted by Crippen LogP contribution is 2.48. The molecule has 2 heterocycles. The molecule has 1 amide bonds. The molecule has 3 aromatic rings. The zero-order valence-electron chi connectivity index (χ0n) is 15.7. The zero-order chi connectivity index (χ0) is 20.2. The number of fused-ring (bicyclic) bond motifs is 2. The highest BCUT2D eigenvalue weighted by molar-refractivity contribution is 6.30. The van der Waals surface area contributed by atoms with Gasteiger partial charge in [0.15, 0.2) is 17.1 Å². The van der Waals surface area contributed by atoms with Gasteiger partial charge in [-0.1, -0.05) is 41.9 Å². The first kappa shape index (κ1) is 18.0. The molecule has 0 bridgehead atoms. The molecule has 6 heteroatoms. The van der Waals surface area contributed by atoms with Crippen molar-refractivity contribution in [3.8, 4) is 11.5 Å². The number of aryl methyl sites for hydroxylation is 1. The molecule has 29 heavy (non-hydrogen) atoms. The minimum Gasteiger partial charge on any atom is -0.454 e. The number of hydrogen-bond donors (Lipinski definition) is 1. The van der Waals surface area contributed by atoms with E-state index in [0.717, 1.165) is 11.1 Å². The fourth-order valence-electron chi connectivity index (χ4n) is 4.08. The number of halogens is 1.